The molecule has 1 heterocycles. The number of benzene rings is 1. The van der Waals surface area contributed by atoms with E-state index in [2.05, 4.69) is 0 Å². The first-order chi connectivity index (χ1) is 8.79. The van der Waals surface area contributed by atoms with Crippen molar-refractivity contribution in [1.82, 2.24) is 0 Å². The predicted octanol–water partition coefficient (Wildman–Crippen LogP) is 0.808. The normalized spacial score (nSPS) is 19.8. The van der Waals surface area contributed by atoms with Gasteiger partial charge in [0.1, 0.15) is 0 Å². The lowest BCUT2D eigenvalue weighted by Gasteiger charge is -2.18. The first kappa shape index (κ1) is 13.4. The van der Waals surface area contributed by atoms with Gasteiger partial charge in [-0.05, 0) is 18.2 Å². The minimum atomic E-state index is -4.51. The van der Waals surface area contributed by atoms with Crippen LogP contribution in [0.15, 0.2) is 24.3 Å². The van der Waals surface area contributed by atoms with E-state index in [1.54, 1.807) is 0 Å². The van der Waals surface area contributed by atoms with E-state index in [-0.39, 0.29) is 18.7 Å². The molecule has 0 unspecified atom stereocenters. The maximum atomic E-state index is 12.5. The van der Waals surface area contributed by atoms with Gasteiger partial charge >= 0.3 is 6.18 Å². The fraction of sp³-hybridized carbons (Fsp3) is 0.333. The standard InChI is InChI=1S/C12H10F3NO3/c13-12(14,15)8-2-1-3-9(5-8)16-6-7(11(18)19)4-10(16)17/h1-3,5,7H,4,6H2,(H,18,19)/p-1/t7-/m0/s1. The van der Waals surface area contributed by atoms with Crippen LogP contribution in [0.2, 0.25) is 0 Å². The summed E-state index contributed by atoms with van der Waals surface area (Å²) in [7, 11) is 0. The van der Waals surface area contributed by atoms with Gasteiger partial charge in [0.05, 0.1) is 5.56 Å². The highest BCUT2D eigenvalue weighted by Gasteiger charge is 2.34. The van der Waals surface area contributed by atoms with Crippen molar-refractivity contribution in [3.8, 4) is 0 Å². The zero-order chi connectivity index (χ0) is 14.2. The van der Waals surface area contributed by atoms with Crippen LogP contribution in [-0.4, -0.2) is 18.4 Å². The minimum absolute atomic E-state index is 0.0450. The van der Waals surface area contributed by atoms with Crippen LogP contribution in [0.4, 0.5) is 18.9 Å². The summed E-state index contributed by atoms with van der Waals surface area (Å²) in [5, 5.41) is 10.7. The second kappa shape index (κ2) is 4.56. The highest BCUT2D eigenvalue weighted by Crippen LogP contribution is 2.33. The van der Waals surface area contributed by atoms with E-state index >= 15 is 0 Å². The topological polar surface area (TPSA) is 60.4 Å². The third kappa shape index (κ3) is 2.69. The number of anilines is 1. The third-order valence-corrected chi connectivity index (χ3v) is 2.94. The first-order valence-corrected chi connectivity index (χ1v) is 5.47. The van der Waals surface area contributed by atoms with Gasteiger partial charge in [-0.3, -0.25) is 4.79 Å². The highest BCUT2D eigenvalue weighted by atomic mass is 19.4. The van der Waals surface area contributed by atoms with E-state index in [4.69, 9.17) is 0 Å². The number of carbonyl (C=O) groups is 2. The lowest BCUT2D eigenvalue weighted by Crippen LogP contribution is -2.33. The van der Waals surface area contributed by atoms with E-state index < -0.39 is 29.5 Å². The molecule has 0 bridgehead atoms. The Morgan fingerprint density at radius 2 is 2.05 bits per heavy atom. The quantitative estimate of drug-likeness (QED) is 0.800. The van der Waals surface area contributed by atoms with Crippen LogP contribution < -0.4 is 10.0 Å². The SMILES string of the molecule is O=C([O-])[C@H]1CC(=O)N(c2cccc(C(F)(F)F)c2)C1. The van der Waals surface area contributed by atoms with Crippen LogP contribution in [0.25, 0.3) is 0 Å². The predicted molar refractivity (Wildman–Crippen MR) is 56.9 cm³/mol. The monoisotopic (exact) mass is 272 g/mol. The molecule has 0 saturated carbocycles. The number of rotatable bonds is 2. The van der Waals surface area contributed by atoms with E-state index in [1.165, 1.54) is 12.1 Å². The molecular weight excluding hydrogens is 263 g/mol. The van der Waals surface area contributed by atoms with Crippen molar-refractivity contribution in [2.75, 3.05) is 11.4 Å². The fourth-order valence-corrected chi connectivity index (χ4v) is 1.97. The smallest absolute Gasteiger partial charge is 0.416 e. The van der Waals surface area contributed by atoms with E-state index in [0.717, 1.165) is 17.0 Å². The number of carboxylic acids is 1. The Hall–Kier alpha value is -2.05. The summed E-state index contributed by atoms with van der Waals surface area (Å²) in [4.78, 5) is 23.3. The molecule has 0 aliphatic carbocycles. The molecular formula is C12H9F3NO3-. The Balaban J connectivity index is 2.28. The molecule has 0 radical (unpaired) electrons. The van der Waals surface area contributed by atoms with Gasteiger partial charge in [-0.15, -0.1) is 0 Å². The van der Waals surface area contributed by atoms with E-state index in [1.807, 2.05) is 0 Å². The fourth-order valence-electron chi connectivity index (χ4n) is 1.97. The summed E-state index contributed by atoms with van der Waals surface area (Å²) in [6.45, 7) is -0.164. The van der Waals surface area contributed by atoms with Gasteiger partial charge in [0.25, 0.3) is 0 Å². The van der Waals surface area contributed by atoms with Gasteiger partial charge in [-0.1, -0.05) is 6.07 Å². The molecule has 1 aliphatic heterocycles. The average molecular weight is 272 g/mol. The molecule has 4 nitrogen and oxygen atoms in total. The van der Waals surface area contributed by atoms with Crippen LogP contribution in [0, 0.1) is 5.92 Å². The second-order valence-corrected chi connectivity index (χ2v) is 4.27. The molecule has 1 amide bonds. The molecule has 0 aromatic heterocycles. The molecule has 19 heavy (non-hydrogen) atoms. The number of carbonyl (C=O) groups excluding carboxylic acids is 2. The van der Waals surface area contributed by atoms with Crippen LogP contribution in [-0.2, 0) is 15.8 Å². The molecule has 1 aromatic rings. The summed E-state index contributed by atoms with van der Waals surface area (Å²) in [5.41, 5.74) is -0.835. The van der Waals surface area contributed by atoms with Crippen molar-refractivity contribution in [1.29, 1.82) is 0 Å². The number of carboxylic acid groups (broad SMARTS) is 1. The largest absolute Gasteiger partial charge is 0.550 e. The lowest BCUT2D eigenvalue weighted by molar-refractivity contribution is -0.310. The maximum Gasteiger partial charge on any atom is 0.416 e. The Morgan fingerprint density at radius 3 is 2.58 bits per heavy atom. The third-order valence-electron chi connectivity index (χ3n) is 2.94. The van der Waals surface area contributed by atoms with Crippen molar-refractivity contribution < 1.29 is 27.9 Å². The molecule has 1 saturated heterocycles. The summed E-state index contributed by atoms with van der Waals surface area (Å²) in [5.74, 6) is -2.88. The van der Waals surface area contributed by atoms with E-state index in [0.29, 0.717) is 0 Å². The van der Waals surface area contributed by atoms with Crippen molar-refractivity contribution in [2.45, 2.75) is 12.6 Å². The van der Waals surface area contributed by atoms with E-state index in [9.17, 15) is 27.9 Å². The second-order valence-electron chi connectivity index (χ2n) is 4.27. The van der Waals surface area contributed by atoms with Crippen LogP contribution in [0.1, 0.15) is 12.0 Å². The summed E-state index contributed by atoms with van der Waals surface area (Å²) in [6.07, 6.45) is -4.76. The number of nitrogens with zero attached hydrogens (tertiary/aromatic N) is 1. The minimum Gasteiger partial charge on any atom is -0.550 e. The van der Waals surface area contributed by atoms with Crippen LogP contribution in [0.5, 0.6) is 0 Å². The van der Waals surface area contributed by atoms with Gasteiger partial charge in [-0.25, -0.2) is 0 Å². The summed E-state index contributed by atoms with van der Waals surface area (Å²) in [6, 6.07) is 4.23. The van der Waals surface area contributed by atoms with Crippen molar-refractivity contribution in [2.24, 2.45) is 5.92 Å². The maximum absolute atomic E-state index is 12.5. The molecule has 1 aliphatic rings. The molecule has 1 aromatic carbocycles. The Labute approximate surface area is 106 Å². The van der Waals surface area contributed by atoms with Crippen molar-refractivity contribution in [3.05, 3.63) is 29.8 Å². The highest BCUT2D eigenvalue weighted by molar-refractivity contribution is 5.99. The number of alkyl halides is 3. The number of hydrogen-bond acceptors (Lipinski definition) is 3. The number of halogens is 3. The lowest BCUT2D eigenvalue weighted by atomic mass is 10.1. The molecule has 1 atom stereocenters. The molecule has 0 spiro atoms. The van der Waals surface area contributed by atoms with Gasteiger partial charge in [0, 0.05) is 30.5 Å². The van der Waals surface area contributed by atoms with Gasteiger partial charge in [-0.2, -0.15) is 13.2 Å². The number of hydrogen-bond donors (Lipinski definition) is 0. The Kier molecular flexibility index (Phi) is 3.21. The Bertz CT molecular complexity index is 527. The molecule has 2 rings (SSSR count). The average Bonchev–Trinajstić information content (AvgIpc) is 2.71. The zero-order valence-corrected chi connectivity index (χ0v) is 9.61. The van der Waals surface area contributed by atoms with Gasteiger partial charge in [0.2, 0.25) is 5.91 Å². The Morgan fingerprint density at radius 1 is 1.37 bits per heavy atom. The zero-order valence-electron chi connectivity index (χ0n) is 9.61. The number of aliphatic carboxylic acids is 1. The van der Waals surface area contributed by atoms with Crippen LogP contribution >= 0.6 is 0 Å². The molecule has 7 heteroatoms. The van der Waals surface area contributed by atoms with Crippen molar-refractivity contribution in [3.63, 3.8) is 0 Å². The molecule has 102 valence electrons. The molecule has 1 fully saturated rings. The van der Waals surface area contributed by atoms with Crippen molar-refractivity contribution >= 4 is 17.6 Å². The first-order valence-electron chi connectivity index (χ1n) is 5.47. The van der Waals surface area contributed by atoms with Gasteiger partial charge < -0.3 is 14.8 Å². The van der Waals surface area contributed by atoms with Gasteiger partial charge in [0.15, 0.2) is 0 Å². The molecule has 0 N–H and O–H groups in total. The summed E-state index contributed by atoms with van der Waals surface area (Å²) < 4.78 is 37.6. The number of amides is 1. The summed E-state index contributed by atoms with van der Waals surface area (Å²) >= 11 is 0. The van der Waals surface area contributed by atoms with Crippen LogP contribution in [0.3, 0.4) is 0 Å².